The lowest BCUT2D eigenvalue weighted by molar-refractivity contribution is -0.138. The van der Waals surface area contributed by atoms with Crippen LogP contribution in [-0.2, 0) is 23.8 Å². The van der Waals surface area contributed by atoms with Crippen molar-refractivity contribution in [1.29, 1.82) is 0 Å². The molecule has 2 amide bonds. The van der Waals surface area contributed by atoms with Gasteiger partial charge in [-0.3, -0.25) is 4.79 Å². The Kier molecular flexibility index (Phi) is 17.3. The first-order valence-electron chi connectivity index (χ1n) is 10.7. The maximum Gasteiger partial charge on any atom is 0.408 e. The van der Waals surface area contributed by atoms with Crippen molar-refractivity contribution < 1.29 is 28.6 Å². The zero-order valence-electron chi connectivity index (χ0n) is 18.6. The van der Waals surface area contributed by atoms with Gasteiger partial charge in [0.2, 0.25) is 0 Å². The lowest BCUT2D eigenvalue weighted by Gasteiger charge is -2.26. The number of hydrogen-bond acceptors (Lipinski definition) is 6. The molecule has 1 saturated heterocycles. The number of hydrogen-bond donors (Lipinski definition) is 1. The second-order valence-corrected chi connectivity index (χ2v) is 7.36. The molecule has 1 N–H and O–H groups in total. The van der Waals surface area contributed by atoms with E-state index in [1.54, 1.807) is 4.90 Å². The highest BCUT2D eigenvalue weighted by Gasteiger charge is 2.19. The maximum atomic E-state index is 11.7. The van der Waals surface area contributed by atoms with Gasteiger partial charge in [-0.25, -0.2) is 4.79 Å². The third-order valence-electron chi connectivity index (χ3n) is 4.40. The van der Waals surface area contributed by atoms with Crippen LogP contribution in [-0.4, -0.2) is 75.9 Å². The number of amides is 2. The molecule has 8 nitrogen and oxygen atoms in total. The van der Waals surface area contributed by atoms with Crippen LogP contribution in [0.4, 0.5) is 4.79 Å². The van der Waals surface area contributed by atoms with E-state index in [0.717, 1.165) is 5.92 Å². The van der Waals surface area contributed by atoms with Crippen molar-refractivity contribution >= 4 is 18.3 Å². The molecule has 29 heavy (non-hydrogen) atoms. The van der Waals surface area contributed by atoms with E-state index in [-0.39, 0.29) is 19.1 Å². The normalized spacial score (nSPS) is 17.6. The number of carbonyl (C=O) groups excluding carboxylic acids is 3. The van der Waals surface area contributed by atoms with Crippen LogP contribution in [0.2, 0.25) is 0 Å². The first-order valence-corrected chi connectivity index (χ1v) is 10.7. The molecule has 1 saturated carbocycles. The fraction of sp³-hybridized carbons (Fsp3) is 0.857. The Morgan fingerprint density at radius 1 is 1.17 bits per heavy atom. The second kappa shape index (κ2) is 18.4. The molecule has 1 aliphatic heterocycles. The van der Waals surface area contributed by atoms with Gasteiger partial charge < -0.3 is 29.2 Å². The summed E-state index contributed by atoms with van der Waals surface area (Å²) in [6.45, 7) is 8.26. The summed E-state index contributed by atoms with van der Waals surface area (Å²) in [5.74, 6) is 0.751. The zero-order chi connectivity index (χ0) is 21.9. The van der Waals surface area contributed by atoms with Gasteiger partial charge in [-0.1, -0.05) is 59.3 Å². The molecule has 170 valence electrons. The number of rotatable bonds is 6. The van der Waals surface area contributed by atoms with Gasteiger partial charge in [0.15, 0.2) is 6.61 Å². The van der Waals surface area contributed by atoms with Crippen molar-refractivity contribution in [3.63, 3.8) is 0 Å². The van der Waals surface area contributed by atoms with Crippen LogP contribution in [0.5, 0.6) is 0 Å². The van der Waals surface area contributed by atoms with Crippen LogP contribution in [0.3, 0.4) is 0 Å². The molecule has 0 aromatic carbocycles. The van der Waals surface area contributed by atoms with Crippen molar-refractivity contribution in [2.24, 2.45) is 5.92 Å². The third-order valence-corrected chi connectivity index (χ3v) is 4.40. The molecular weight excluding hydrogens is 376 g/mol. The molecule has 2 fully saturated rings. The molecule has 1 aliphatic carbocycles. The first-order chi connectivity index (χ1) is 14.0. The van der Waals surface area contributed by atoms with Gasteiger partial charge in [-0.05, 0) is 5.92 Å². The Bertz CT molecular complexity index is 435. The van der Waals surface area contributed by atoms with Crippen molar-refractivity contribution in [2.75, 3.05) is 46.6 Å². The molecular formula is C21H40N2O6. The number of ether oxygens (including phenoxy) is 3. The van der Waals surface area contributed by atoms with Crippen LogP contribution < -0.4 is 5.32 Å². The highest BCUT2D eigenvalue weighted by molar-refractivity contribution is 5.81. The second-order valence-electron chi connectivity index (χ2n) is 7.36. The minimum Gasteiger partial charge on any atom is -0.439 e. The smallest absolute Gasteiger partial charge is 0.408 e. The summed E-state index contributed by atoms with van der Waals surface area (Å²) in [7, 11) is 1.41. The molecule has 0 aromatic heterocycles. The van der Waals surface area contributed by atoms with E-state index >= 15 is 0 Å². The SMILES string of the molecule is CC1CCCCC1.CCC.COC[C@@H](C=O)NC(=O)OCC(=O)N1CCOCC1. The monoisotopic (exact) mass is 416 g/mol. The van der Waals surface area contributed by atoms with Gasteiger partial charge >= 0.3 is 6.09 Å². The number of nitrogens with zero attached hydrogens (tertiary/aromatic N) is 1. The summed E-state index contributed by atoms with van der Waals surface area (Å²) >= 11 is 0. The molecule has 1 atom stereocenters. The number of nitrogens with one attached hydrogen (secondary N) is 1. The fourth-order valence-corrected chi connectivity index (χ4v) is 2.83. The van der Waals surface area contributed by atoms with E-state index in [1.807, 2.05) is 0 Å². The lowest BCUT2D eigenvalue weighted by atomic mass is 9.91. The Balaban J connectivity index is 0.000000643. The molecule has 0 bridgehead atoms. The molecule has 2 aliphatic rings. The summed E-state index contributed by atoms with van der Waals surface area (Å²) in [6.07, 6.45) is 8.40. The third kappa shape index (κ3) is 14.9. The minimum atomic E-state index is -0.823. The Morgan fingerprint density at radius 2 is 1.76 bits per heavy atom. The first kappa shape index (κ1) is 27.3. The molecule has 0 unspecified atom stereocenters. The van der Waals surface area contributed by atoms with Crippen LogP contribution in [0.25, 0.3) is 0 Å². The van der Waals surface area contributed by atoms with Crippen molar-refractivity contribution in [1.82, 2.24) is 10.2 Å². The highest BCUT2D eigenvalue weighted by Crippen LogP contribution is 2.22. The average molecular weight is 417 g/mol. The average Bonchev–Trinajstić information content (AvgIpc) is 2.74. The van der Waals surface area contributed by atoms with Crippen LogP contribution in [0, 0.1) is 5.92 Å². The van der Waals surface area contributed by atoms with Crippen molar-refractivity contribution in [3.05, 3.63) is 0 Å². The largest absolute Gasteiger partial charge is 0.439 e. The van der Waals surface area contributed by atoms with Crippen LogP contribution in [0.1, 0.15) is 59.3 Å². The summed E-state index contributed by atoms with van der Waals surface area (Å²) in [6, 6.07) is -0.781. The number of alkyl carbamates (subject to hydrolysis) is 1. The zero-order valence-corrected chi connectivity index (χ0v) is 18.6. The van der Waals surface area contributed by atoms with E-state index in [4.69, 9.17) is 14.2 Å². The number of aldehydes is 1. The fourth-order valence-electron chi connectivity index (χ4n) is 2.83. The van der Waals surface area contributed by atoms with Crippen molar-refractivity contribution in [2.45, 2.75) is 65.3 Å². The predicted octanol–water partition coefficient (Wildman–Crippen LogP) is 2.79. The van der Waals surface area contributed by atoms with Gasteiger partial charge in [0.1, 0.15) is 12.3 Å². The van der Waals surface area contributed by atoms with Crippen molar-refractivity contribution in [3.8, 4) is 0 Å². The number of carbonyl (C=O) groups is 3. The molecule has 0 aromatic rings. The number of methoxy groups -OCH3 is 1. The maximum absolute atomic E-state index is 11.7. The predicted molar refractivity (Wildman–Crippen MR) is 112 cm³/mol. The van der Waals surface area contributed by atoms with Crippen LogP contribution >= 0.6 is 0 Å². The van der Waals surface area contributed by atoms with E-state index < -0.39 is 12.1 Å². The standard InChI is InChI=1S/C11H18N2O6.C7H14.C3H8/c1-17-7-9(6-14)12-11(16)19-8-10(15)13-2-4-18-5-3-13;1-7-5-3-2-4-6-7;1-3-2/h6,9H,2-5,7-8H2,1H3,(H,12,16);7H,2-6H2,1H3;3H2,1-2H3/t9-;;/m1../s1. The van der Waals surface area contributed by atoms with E-state index in [9.17, 15) is 14.4 Å². The molecule has 8 heteroatoms. The van der Waals surface area contributed by atoms with E-state index in [2.05, 4.69) is 26.1 Å². The number of morpholine rings is 1. The molecule has 1 heterocycles. The van der Waals surface area contributed by atoms with Gasteiger partial charge in [0.05, 0.1) is 19.8 Å². The van der Waals surface area contributed by atoms with Crippen LogP contribution in [0.15, 0.2) is 0 Å². The topological polar surface area (TPSA) is 94.2 Å². The van der Waals surface area contributed by atoms with Gasteiger partial charge in [-0.15, -0.1) is 0 Å². The van der Waals surface area contributed by atoms with Gasteiger partial charge in [0, 0.05) is 20.2 Å². The van der Waals surface area contributed by atoms with E-state index in [0.29, 0.717) is 32.6 Å². The summed E-state index contributed by atoms with van der Waals surface area (Å²) in [5, 5.41) is 2.28. The summed E-state index contributed by atoms with van der Waals surface area (Å²) < 4.78 is 14.6. The van der Waals surface area contributed by atoms with Gasteiger partial charge in [-0.2, -0.15) is 0 Å². The molecule has 2 rings (SSSR count). The quantitative estimate of drug-likeness (QED) is 0.669. The lowest BCUT2D eigenvalue weighted by Crippen LogP contribution is -2.44. The Labute approximate surface area is 175 Å². The summed E-state index contributed by atoms with van der Waals surface area (Å²) in [5.41, 5.74) is 0. The highest BCUT2D eigenvalue weighted by atomic mass is 16.6. The minimum absolute atomic E-state index is 0.0516. The molecule has 0 spiro atoms. The molecule has 0 radical (unpaired) electrons. The summed E-state index contributed by atoms with van der Waals surface area (Å²) in [4.78, 5) is 35.1. The Morgan fingerprint density at radius 3 is 2.21 bits per heavy atom. The van der Waals surface area contributed by atoms with E-state index in [1.165, 1.54) is 45.6 Å². The van der Waals surface area contributed by atoms with Gasteiger partial charge in [0.25, 0.3) is 5.91 Å². The Hall–Kier alpha value is -1.67.